The predicted molar refractivity (Wildman–Crippen MR) is 206 cm³/mol. The Hall–Kier alpha value is -5.32. The molecule has 0 radical (unpaired) electrons. The molecule has 2 aromatic carbocycles. The van der Waals surface area contributed by atoms with Gasteiger partial charge in [0.1, 0.15) is 23.3 Å². The molecule has 6 nitrogen and oxygen atoms in total. The Bertz CT molecular complexity index is 2270. The van der Waals surface area contributed by atoms with Crippen molar-refractivity contribution in [3.63, 3.8) is 0 Å². The van der Waals surface area contributed by atoms with E-state index in [0.717, 1.165) is 11.3 Å². The van der Waals surface area contributed by atoms with Crippen LogP contribution < -0.4 is 0 Å². The van der Waals surface area contributed by atoms with Gasteiger partial charge in [0.15, 0.2) is 0 Å². The molecule has 10 heteroatoms. The van der Waals surface area contributed by atoms with Crippen LogP contribution >= 0.6 is 0 Å². The predicted octanol–water partition coefficient (Wildman–Crippen LogP) is 10.1. The summed E-state index contributed by atoms with van der Waals surface area (Å²) in [6, 6.07) is 7.88. The zero-order valence-electron chi connectivity index (χ0n) is 31.4. The van der Waals surface area contributed by atoms with Gasteiger partial charge >= 0.3 is 0 Å². The van der Waals surface area contributed by atoms with Gasteiger partial charge in [0.05, 0.1) is 59.2 Å². The summed E-state index contributed by atoms with van der Waals surface area (Å²) in [6.45, 7) is 7.68. The topological polar surface area (TPSA) is 67.9 Å². The van der Waals surface area contributed by atoms with Crippen LogP contribution in [-0.2, 0) is 9.47 Å². The van der Waals surface area contributed by atoms with Gasteiger partial charge < -0.3 is 9.47 Å². The first-order valence-electron chi connectivity index (χ1n) is 18.6. The van der Waals surface area contributed by atoms with Gasteiger partial charge in [-0.05, 0) is 124 Å². The van der Waals surface area contributed by atoms with Crippen LogP contribution in [0.5, 0.6) is 0 Å². The molecule has 0 aromatic heterocycles. The van der Waals surface area contributed by atoms with Crippen molar-refractivity contribution in [3.05, 3.63) is 165 Å². The van der Waals surface area contributed by atoms with E-state index in [4.69, 9.17) is 29.4 Å². The molecule has 0 amide bonds. The molecule has 0 saturated carbocycles. The molecular weight excluding hydrogens is 693 g/mol. The molecule has 5 aliphatic heterocycles. The highest BCUT2D eigenvalue weighted by molar-refractivity contribution is 6.17. The molecule has 0 aliphatic carbocycles. The summed E-state index contributed by atoms with van der Waals surface area (Å²) in [5.41, 5.74) is 6.20. The highest BCUT2D eigenvalue weighted by Gasteiger charge is 2.26. The number of allylic oxidation sites excluding steroid dienone is 10. The minimum absolute atomic E-state index is 0.0223. The van der Waals surface area contributed by atoms with Crippen molar-refractivity contribution in [1.82, 2.24) is 0 Å². The van der Waals surface area contributed by atoms with E-state index in [9.17, 15) is 18.9 Å². The summed E-state index contributed by atoms with van der Waals surface area (Å²) in [4.78, 5) is 19.2. The number of aliphatic imine (C=N–C) groups is 4. The van der Waals surface area contributed by atoms with Gasteiger partial charge in [0.2, 0.25) is 0 Å². The van der Waals surface area contributed by atoms with Crippen LogP contribution in [0.4, 0.5) is 17.6 Å². The molecule has 4 unspecified atom stereocenters. The van der Waals surface area contributed by atoms with E-state index in [-0.39, 0.29) is 30.4 Å². The maximum atomic E-state index is 14.4. The van der Waals surface area contributed by atoms with Crippen LogP contribution in [0, 0.1) is 23.3 Å². The standard InChI is InChI=1S/C44H40F4N4O2/c1-25(43-37(45)7-5-8-38(43)46)15-17-53-27(3)35-21-33-20-31-12-11-29(49-31)19-30-13-14-32(50-30)23-41-36(22-34(52-41)24-42(35)51-33)28(4)54-18-16-26(2)44-39(47)9-6-10-40(44)48/h5-14,19-28H,15-18H2,1-4H3/i21D. The Balaban J connectivity index is 1.16. The molecule has 5 heterocycles. The maximum absolute atomic E-state index is 14.4. The van der Waals surface area contributed by atoms with Crippen molar-refractivity contribution in [3.8, 4) is 0 Å². The number of ether oxygens (including phenoxy) is 2. The van der Waals surface area contributed by atoms with Crippen molar-refractivity contribution in [2.24, 2.45) is 20.0 Å². The zero-order valence-corrected chi connectivity index (χ0v) is 30.4. The molecule has 0 spiro atoms. The fraction of sp³-hybridized carbons (Fsp3) is 0.273. The van der Waals surface area contributed by atoms with Crippen molar-refractivity contribution >= 4 is 22.8 Å². The van der Waals surface area contributed by atoms with Crippen molar-refractivity contribution in [2.45, 2.75) is 64.6 Å². The summed E-state index contributed by atoms with van der Waals surface area (Å²) < 4.78 is 79.4. The first-order valence-corrected chi connectivity index (χ1v) is 18.1. The lowest BCUT2D eigenvalue weighted by atomic mass is 9.97. The molecule has 8 bridgehead atoms. The van der Waals surface area contributed by atoms with Gasteiger partial charge in [-0.25, -0.2) is 37.5 Å². The summed E-state index contributed by atoms with van der Waals surface area (Å²) >= 11 is 0. The summed E-state index contributed by atoms with van der Waals surface area (Å²) in [5, 5.41) is 0. The summed E-state index contributed by atoms with van der Waals surface area (Å²) in [5.74, 6) is -3.18. The minimum Gasteiger partial charge on any atom is -0.374 e. The van der Waals surface area contributed by atoms with Gasteiger partial charge in [0, 0.05) is 35.5 Å². The monoisotopic (exact) mass is 733 g/mol. The molecule has 54 heavy (non-hydrogen) atoms. The molecule has 0 saturated heterocycles. The van der Waals surface area contributed by atoms with E-state index in [1.807, 2.05) is 56.4 Å². The van der Waals surface area contributed by atoms with Crippen LogP contribution in [-0.4, -0.2) is 48.3 Å². The quantitative estimate of drug-likeness (QED) is 0.204. The minimum atomic E-state index is -0.597. The van der Waals surface area contributed by atoms with Gasteiger partial charge in [-0.2, -0.15) is 0 Å². The average molecular weight is 734 g/mol. The number of rotatable bonds is 12. The molecule has 4 atom stereocenters. The molecule has 5 aliphatic rings. The third-order valence-corrected chi connectivity index (χ3v) is 9.81. The van der Waals surface area contributed by atoms with Crippen molar-refractivity contribution < 1.29 is 28.4 Å². The number of halogens is 4. The zero-order chi connectivity index (χ0) is 38.8. The largest absolute Gasteiger partial charge is 0.374 e. The second-order valence-electron chi connectivity index (χ2n) is 13.8. The molecular formula is C44H40F4N4O2. The maximum Gasteiger partial charge on any atom is 0.129 e. The number of benzene rings is 2. The number of fused-ring (bicyclic) bond motifs is 4. The Labute approximate surface area is 313 Å². The molecule has 276 valence electrons. The Morgan fingerprint density at radius 3 is 1.54 bits per heavy atom. The molecule has 0 fully saturated rings. The lowest BCUT2D eigenvalue weighted by molar-refractivity contribution is 0.0880. The van der Waals surface area contributed by atoms with E-state index in [0.29, 0.717) is 58.3 Å². The third kappa shape index (κ3) is 8.25. The van der Waals surface area contributed by atoms with Crippen LogP contribution in [0.2, 0.25) is 0 Å². The van der Waals surface area contributed by atoms with E-state index in [1.54, 1.807) is 26.0 Å². The van der Waals surface area contributed by atoms with Crippen molar-refractivity contribution in [1.29, 1.82) is 0 Å². The van der Waals surface area contributed by atoms with Crippen molar-refractivity contribution in [2.75, 3.05) is 13.2 Å². The lowest BCUT2D eigenvalue weighted by Gasteiger charge is -2.18. The van der Waals surface area contributed by atoms with Gasteiger partial charge in [-0.1, -0.05) is 26.0 Å². The lowest BCUT2D eigenvalue weighted by Crippen LogP contribution is -2.18. The molecule has 2 aromatic rings. The SMILES string of the molecule is [2H]C1=C(C(C)OCCC(C)c2c(F)cccc2F)C2=NC1=CC1=NC(=CC3=NC(=CC4=NC(=C2)C=C4C(C)OCCC(C)c2c(F)cccc2F)C=C3)C=C1. The molecule has 7 rings (SSSR count). The van der Waals surface area contributed by atoms with Gasteiger partial charge in [-0.15, -0.1) is 0 Å². The fourth-order valence-electron chi connectivity index (χ4n) is 6.84. The average Bonchev–Trinajstić information content (AvgIpc) is 3.92. The number of hydrogen-bond donors (Lipinski definition) is 0. The third-order valence-electron chi connectivity index (χ3n) is 9.81. The number of hydrogen-bond acceptors (Lipinski definition) is 6. The Kier molecular flexibility index (Phi) is 10.6. The first-order chi connectivity index (χ1) is 26.4. The Morgan fingerprint density at radius 2 is 0.981 bits per heavy atom. The van der Waals surface area contributed by atoms with E-state index in [2.05, 4.69) is 0 Å². The summed E-state index contributed by atoms with van der Waals surface area (Å²) in [7, 11) is 0. The van der Waals surface area contributed by atoms with E-state index >= 15 is 0 Å². The van der Waals surface area contributed by atoms with Crippen LogP contribution in [0.3, 0.4) is 0 Å². The van der Waals surface area contributed by atoms with Gasteiger partial charge in [-0.3, -0.25) is 0 Å². The highest BCUT2D eigenvalue weighted by Crippen LogP contribution is 2.31. The fourth-order valence-corrected chi connectivity index (χ4v) is 6.84. The number of nitrogens with zero attached hydrogens (tertiary/aromatic N) is 4. The molecule has 0 N–H and O–H groups in total. The van der Waals surface area contributed by atoms with E-state index in [1.165, 1.54) is 36.4 Å². The van der Waals surface area contributed by atoms with Crippen LogP contribution in [0.1, 0.15) is 64.9 Å². The summed E-state index contributed by atoms with van der Waals surface area (Å²) in [6.07, 6.45) is 16.4. The van der Waals surface area contributed by atoms with Gasteiger partial charge in [0.25, 0.3) is 0 Å². The second kappa shape index (κ2) is 16.0. The van der Waals surface area contributed by atoms with Crippen LogP contribution in [0.25, 0.3) is 0 Å². The normalized spacial score (nSPS) is 19.9. The first kappa shape index (κ1) is 35.7. The Morgan fingerprint density at radius 1 is 0.537 bits per heavy atom. The van der Waals surface area contributed by atoms with E-state index < -0.39 is 47.3 Å². The highest BCUT2D eigenvalue weighted by atomic mass is 19.1. The second-order valence-corrected chi connectivity index (χ2v) is 13.8. The van der Waals surface area contributed by atoms with Crippen LogP contribution in [0.15, 0.2) is 151 Å². The smallest absolute Gasteiger partial charge is 0.129 e.